The van der Waals surface area contributed by atoms with Crippen molar-refractivity contribution >= 4 is 5.97 Å². The van der Waals surface area contributed by atoms with Crippen LogP contribution in [0.15, 0.2) is 42.5 Å². The molecule has 0 bridgehead atoms. The molecule has 0 unspecified atom stereocenters. The first-order chi connectivity index (χ1) is 9.70. The highest BCUT2D eigenvalue weighted by Crippen LogP contribution is 2.26. The first kappa shape index (κ1) is 14.8. The van der Waals surface area contributed by atoms with Crippen molar-refractivity contribution < 1.29 is 19.4 Å². The standard InChI is InChI=1S/C16H20O4/c1-2-6-13-9-15(18)20-16(13)14(17)11-19-10-12-7-4-3-5-8-12/h2-8,13-14,16-17H,9-11H2,1H3/b6-2+/t13-,14+,16+/m1/s1. The van der Waals surface area contributed by atoms with Gasteiger partial charge < -0.3 is 14.6 Å². The van der Waals surface area contributed by atoms with Gasteiger partial charge >= 0.3 is 5.97 Å². The average Bonchev–Trinajstić information content (AvgIpc) is 2.81. The number of hydrogen-bond acceptors (Lipinski definition) is 4. The number of esters is 1. The highest BCUT2D eigenvalue weighted by Gasteiger charge is 2.37. The molecule has 1 aromatic rings. The number of allylic oxidation sites excluding steroid dienone is 1. The zero-order valence-electron chi connectivity index (χ0n) is 11.6. The van der Waals surface area contributed by atoms with Crippen LogP contribution in [0.25, 0.3) is 0 Å². The van der Waals surface area contributed by atoms with Crippen LogP contribution < -0.4 is 0 Å². The fourth-order valence-corrected chi connectivity index (χ4v) is 2.35. The van der Waals surface area contributed by atoms with E-state index in [0.717, 1.165) is 5.56 Å². The molecule has 1 saturated heterocycles. The summed E-state index contributed by atoms with van der Waals surface area (Å²) in [4.78, 5) is 11.3. The van der Waals surface area contributed by atoms with Crippen molar-refractivity contribution in [3.05, 3.63) is 48.0 Å². The number of carbonyl (C=O) groups excluding carboxylic acids is 1. The van der Waals surface area contributed by atoms with Crippen molar-refractivity contribution in [1.29, 1.82) is 0 Å². The Kier molecular flexibility index (Phi) is 5.32. The Bertz CT molecular complexity index is 455. The van der Waals surface area contributed by atoms with E-state index in [-0.39, 0.29) is 18.5 Å². The summed E-state index contributed by atoms with van der Waals surface area (Å²) in [5.41, 5.74) is 1.05. The highest BCUT2D eigenvalue weighted by atomic mass is 16.6. The predicted molar refractivity (Wildman–Crippen MR) is 74.9 cm³/mol. The normalized spacial score (nSPS) is 24.0. The Labute approximate surface area is 119 Å². The van der Waals surface area contributed by atoms with Crippen LogP contribution in [0.1, 0.15) is 18.9 Å². The van der Waals surface area contributed by atoms with Gasteiger partial charge in [0, 0.05) is 5.92 Å². The Hall–Kier alpha value is -1.65. The second-order valence-electron chi connectivity index (χ2n) is 4.92. The van der Waals surface area contributed by atoms with E-state index in [2.05, 4.69) is 0 Å². The van der Waals surface area contributed by atoms with Gasteiger partial charge in [-0.15, -0.1) is 0 Å². The molecule has 0 radical (unpaired) electrons. The van der Waals surface area contributed by atoms with Gasteiger partial charge in [-0.1, -0.05) is 42.5 Å². The van der Waals surface area contributed by atoms with Gasteiger partial charge in [-0.2, -0.15) is 0 Å². The van der Waals surface area contributed by atoms with Crippen molar-refractivity contribution in [3.63, 3.8) is 0 Å². The van der Waals surface area contributed by atoms with Crippen LogP contribution in [-0.2, 0) is 20.9 Å². The molecule has 1 aromatic carbocycles. The van der Waals surface area contributed by atoms with Gasteiger partial charge in [-0.3, -0.25) is 4.79 Å². The molecule has 1 aliphatic rings. The van der Waals surface area contributed by atoms with Crippen molar-refractivity contribution in [2.45, 2.75) is 32.2 Å². The molecule has 0 amide bonds. The lowest BCUT2D eigenvalue weighted by molar-refractivity contribution is -0.147. The van der Waals surface area contributed by atoms with E-state index in [4.69, 9.17) is 9.47 Å². The molecule has 20 heavy (non-hydrogen) atoms. The minimum Gasteiger partial charge on any atom is -0.459 e. The van der Waals surface area contributed by atoms with Crippen LogP contribution in [0.4, 0.5) is 0 Å². The fourth-order valence-electron chi connectivity index (χ4n) is 2.35. The van der Waals surface area contributed by atoms with Gasteiger partial charge in [0.2, 0.25) is 0 Å². The molecule has 108 valence electrons. The topological polar surface area (TPSA) is 55.8 Å². The van der Waals surface area contributed by atoms with Crippen molar-refractivity contribution in [3.8, 4) is 0 Å². The molecule has 1 N–H and O–H groups in total. The quantitative estimate of drug-likeness (QED) is 0.638. The van der Waals surface area contributed by atoms with E-state index < -0.39 is 12.2 Å². The molecule has 3 atom stereocenters. The summed E-state index contributed by atoms with van der Waals surface area (Å²) in [7, 11) is 0. The highest BCUT2D eigenvalue weighted by molar-refractivity contribution is 5.72. The van der Waals surface area contributed by atoms with Gasteiger partial charge in [0.15, 0.2) is 0 Å². The summed E-state index contributed by atoms with van der Waals surface area (Å²) in [5, 5.41) is 10.1. The molecule has 4 nitrogen and oxygen atoms in total. The van der Waals surface area contributed by atoms with Crippen LogP contribution in [0.3, 0.4) is 0 Å². The summed E-state index contributed by atoms with van der Waals surface area (Å²) < 4.78 is 10.7. The molecule has 4 heteroatoms. The number of aliphatic hydroxyl groups excluding tert-OH is 1. The SMILES string of the molecule is C/C=C/[C@@H]1CC(=O)O[C@@H]1[C@@H](O)COCc1ccccc1. The maximum atomic E-state index is 11.3. The smallest absolute Gasteiger partial charge is 0.306 e. The fraction of sp³-hybridized carbons (Fsp3) is 0.438. The van der Waals surface area contributed by atoms with E-state index >= 15 is 0 Å². The maximum Gasteiger partial charge on any atom is 0.306 e. The third-order valence-electron chi connectivity index (χ3n) is 3.31. The van der Waals surface area contributed by atoms with Crippen LogP contribution >= 0.6 is 0 Å². The summed E-state index contributed by atoms with van der Waals surface area (Å²) in [6.45, 7) is 2.48. The first-order valence-corrected chi connectivity index (χ1v) is 6.82. The number of aliphatic hydroxyl groups is 1. The molecular formula is C16H20O4. The molecule has 0 saturated carbocycles. The number of cyclic esters (lactones) is 1. The molecule has 1 fully saturated rings. The van der Waals surface area contributed by atoms with Crippen molar-refractivity contribution in [1.82, 2.24) is 0 Å². The molecule has 1 aliphatic heterocycles. The van der Waals surface area contributed by atoms with E-state index in [0.29, 0.717) is 13.0 Å². The Balaban J connectivity index is 1.82. The molecule has 0 aliphatic carbocycles. The van der Waals surface area contributed by atoms with Crippen molar-refractivity contribution in [2.24, 2.45) is 5.92 Å². The Morgan fingerprint density at radius 2 is 2.20 bits per heavy atom. The van der Waals surface area contributed by atoms with E-state index in [1.54, 1.807) is 0 Å². The minimum atomic E-state index is -0.800. The van der Waals surface area contributed by atoms with Crippen LogP contribution in [0.2, 0.25) is 0 Å². The Morgan fingerprint density at radius 1 is 1.45 bits per heavy atom. The van der Waals surface area contributed by atoms with Gasteiger partial charge in [-0.05, 0) is 12.5 Å². The van der Waals surface area contributed by atoms with Gasteiger partial charge in [0.1, 0.15) is 12.2 Å². The first-order valence-electron chi connectivity index (χ1n) is 6.82. The van der Waals surface area contributed by atoms with E-state index in [1.807, 2.05) is 49.4 Å². The van der Waals surface area contributed by atoms with E-state index in [1.165, 1.54) is 0 Å². The molecule has 0 spiro atoms. The zero-order chi connectivity index (χ0) is 14.4. The van der Waals surface area contributed by atoms with Gasteiger partial charge in [0.25, 0.3) is 0 Å². The number of ether oxygens (including phenoxy) is 2. The second kappa shape index (κ2) is 7.22. The van der Waals surface area contributed by atoms with Crippen molar-refractivity contribution in [2.75, 3.05) is 6.61 Å². The van der Waals surface area contributed by atoms with Crippen LogP contribution in [0.5, 0.6) is 0 Å². The molecular weight excluding hydrogens is 256 g/mol. The Morgan fingerprint density at radius 3 is 2.90 bits per heavy atom. The third kappa shape index (κ3) is 3.92. The minimum absolute atomic E-state index is 0.0668. The molecule has 0 aromatic heterocycles. The third-order valence-corrected chi connectivity index (χ3v) is 3.31. The number of carbonyl (C=O) groups is 1. The summed E-state index contributed by atoms with van der Waals surface area (Å²) >= 11 is 0. The molecule has 2 rings (SSSR count). The van der Waals surface area contributed by atoms with Crippen LogP contribution in [0, 0.1) is 5.92 Å². The monoisotopic (exact) mass is 276 g/mol. The summed E-state index contributed by atoms with van der Waals surface area (Å²) in [6, 6.07) is 9.75. The summed E-state index contributed by atoms with van der Waals surface area (Å²) in [6.07, 6.45) is 2.79. The maximum absolute atomic E-state index is 11.3. The second-order valence-corrected chi connectivity index (χ2v) is 4.92. The lowest BCUT2D eigenvalue weighted by Crippen LogP contribution is -2.34. The van der Waals surface area contributed by atoms with Crippen LogP contribution in [-0.4, -0.2) is 29.9 Å². The lowest BCUT2D eigenvalue weighted by Gasteiger charge is -2.21. The van der Waals surface area contributed by atoms with Gasteiger partial charge in [0.05, 0.1) is 19.6 Å². The van der Waals surface area contributed by atoms with Gasteiger partial charge in [-0.25, -0.2) is 0 Å². The summed E-state index contributed by atoms with van der Waals surface area (Å²) in [5.74, 6) is -0.331. The molecule has 1 heterocycles. The predicted octanol–water partition coefficient (Wildman–Crippen LogP) is 2.07. The number of benzene rings is 1. The largest absolute Gasteiger partial charge is 0.459 e. The average molecular weight is 276 g/mol. The van der Waals surface area contributed by atoms with E-state index in [9.17, 15) is 9.90 Å². The number of hydrogen-bond donors (Lipinski definition) is 1. The lowest BCUT2D eigenvalue weighted by atomic mass is 9.97. The zero-order valence-corrected chi connectivity index (χ0v) is 11.6. The number of rotatable bonds is 6.